The van der Waals surface area contributed by atoms with Gasteiger partial charge in [-0.15, -0.1) is 0 Å². The van der Waals surface area contributed by atoms with Crippen molar-refractivity contribution in [1.29, 1.82) is 0 Å². The molecule has 36 heavy (non-hydrogen) atoms. The third-order valence-electron chi connectivity index (χ3n) is 6.54. The van der Waals surface area contributed by atoms with E-state index in [-0.39, 0.29) is 47.7 Å². The van der Waals surface area contributed by atoms with E-state index in [9.17, 15) is 22.7 Å². The molecule has 0 radical (unpaired) electrons. The number of likely N-dealkylation sites (N-methyl/N-ethyl adjacent to an activating group) is 1. The molecule has 0 spiro atoms. The highest BCUT2D eigenvalue weighted by atomic mass is 32.2. The molecule has 2 aliphatic rings. The van der Waals surface area contributed by atoms with Gasteiger partial charge in [-0.05, 0) is 56.2 Å². The van der Waals surface area contributed by atoms with Gasteiger partial charge in [0.15, 0.2) is 0 Å². The molecular formula is C27H31FN2O5S. The van der Waals surface area contributed by atoms with Crippen molar-refractivity contribution in [3.05, 3.63) is 59.4 Å². The minimum absolute atomic E-state index is 0.00391. The molecule has 3 atom stereocenters. The molecule has 0 aromatic heterocycles. The van der Waals surface area contributed by atoms with Gasteiger partial charge in [0.1, 0.15) is 22.6 Å². The zero-order valence-electron chi connectivity index (χ0n) is 20.6. The first kappa shape index (κ1) is 26.1. The van der Waals surface area contributed by atoms with Crippen LogP contribution in [0.15, 0.2) is 47.4 Å². The summed E-state index contributed by atoms with van der Waals surface area (Å²) in [5.74, 6) is 5.62. The summed E-state index contributed by atoms with van der Waals surface area (Å²) in [6.45, 7) is 3.40. The first-order chi connectivity index (χ1) is 17.1. The second-order valence-corrected chi connectivity index (χ2v) is 11.5. The van der Waals surface area contributed by atoms with E-state index in [0.717, 1.165) is 12.8 Å². The van der Waals surface area contributed by atoms with Crippen LogP contribution in [0.25, 0.3) is 0 Å². The summed E-state index contributed by atoms with van der Waals surface area (Å²) >= 11 is 0. The summed E-state index contributed by atoms with van der Waals surface area (Å²) in [5.41, 5.74) is 0.862. The van der Waals surface area contributed by atoms with Crippen LogP contribution in [0.5, 0.6) is 5.75 Å². The number of halogens is 1. The Balaban J connectivity index is 1.69. The van der Waals surface area contributed by atoms with Crippen molar-refractivity contribution in [2.45, 2.75) is 43.7 Å². The highest BCUT2D eigenvalue weighted by Crippen LogP contribution is 2.34. The summed E-state index contributed by atoms with van der Waals surface area (Å²) < 4.78 is 48.4. The number of benzene rings is 2. The summed E-state index contributed by atoms with van der Waals surface area (Å²) in [7, 11) is -2.36. The fraction of sp³-hybridized carbons (Fsp3) is 0.444. The number of hydrogen-bond acceptors (Lipinski definition) is 5. The van der Waals surface area contributed by atoms with Gasteiger partial charge >= 0.3 is 0 Å². The summed E-state index contributed by atoms with van der Waals surface area (Å²) in [6.07, 6.45) is 1.58. The molecule has 1 amide bonds. The van der Waals surface area contributed by atoms with Gasteiger partial charge in [0.05, 0.1) is 13.2 Å². The van der Waals surface area contributed by atoms with Crippen LogP contribution >= 0.6 is 0 Å². The average molecular weight is 515 g/mol. The van der Waals surface area contributed by atoms with E-state index in [1.807, 2.05) is 6.92 Å². The quantitative estimate of drug-likeness (QED) is 0.620. The molecule has 4 rings (SSSR count). The maximum Gasteiger partial charge on any atom is 0.253 e. The van der Waals surface area contributed by atoms with Gasteiger partial charge in [0, 0.05) is 42.6 Å². The molecule has 1 aliphatic heterocycles. The zero-order valence-corrected chi connectivity index (χ0v) is 21.5. The van der Waals surface area contributed by atoms with Gasteiger partial charge < -0.3 is 14.7 Å². The molecule has 1 saturated carbocycles. The Kier molecular flexibility index (Phi) is 7.69. The lowest BCUT2D eigenvalue weighted by molar-refractivity contribution is 0.0563. The Bertz CT molecular complexity index is 1300. The van der Waals surface area contributed by atoms with E-state index in [1.165, 1.54) is 33.5 Å². The predicted octanol–water partition coefficient (Wildman–Crippen LogP) is 3.13. The number of nitrogens with zero attached hydrogens (tertiary/aromatic N) is 2. The minimum Gasteiger partial charge on any atom is -0.487 e. The highest BCUT2D eigenvalue weighted by Gasteiger charge is 2.38. The van der Waals surface area contributed by atoms with Crippen molar-refractivity contribution >= 4 is 15.9 Å². The molecule has 0 bridgehead atoms. The first-order valence-corrected chi connectivity index (χ1v) is 13.5. The van der Waals surface area contributed by atoms with Crippen molar-refractivity contribution in [3.8, 4) is 17.6 Å². The molecule has 7 nitrogen and oxygen atoms in total. The van der Waals surface area contributed by atoms with E-state index in [2.05, 4.69) is 11.8 Å². The molecule has 0 saturated heterocycles. The molecule has 1 aliphatic carbocycles. The molecular weight excluding hydrogens is 483 g/mol. The monoisotopic (exact) mass is 514 g/mol. The van der Waals surface area contributed by atoms with Gasteiger partial charge in [-0.2, -0.15) is 4.31 Å². The van der Waals surface area contributed by atoms with Crippen LogP contribution in [-0.4, -0.2) is 67.5 Å². The number of carbonyl (C=O) groups is 1. The van der Waals surface area contributed by atoms with Gasteiger partial charge in [0.2, 0.25) is 10.0 Å². The lowest BCUT2D eigenvalue weighted by Crippen LogP contribution is -2.50. The van der Waals surface area contributed by atoms with Crippen LogP contribution < -0.4 is 4.74 Å². The molecule has 1 heterocycles. The second-order valence-electron chi connectivity index (χ2n) is 9.64. The van der Waals surface area contributed by atoms with E-state index >= 15 is 0 Å². The van der Waals surface area contributed by atoms with Crippen molar-refractivity contribution in [3.63, 3.8) is 0 Å². The van der Waals surface area contributed by atoms with E-state index in [0.29, 0.717) is 11.5 Å². The second kappa shape index (κ2) is 10.6. The standard InChI is InChI=1S/C27H31FN2O5S/c1-18-15-30(19(2)17-31)36(33,34)26-12-11-21(10-9-20-7-8-20)13-24(26)35-25(18)16-29(3)27(32)22-5-4-6-23(28)14-22/h4-6,11-14,18-20,25,31H,7-8,15-17H2,1-3H3/t18-,19+,25+/m1/s1. The fourth-order valence-corrected chi connectivity index (χ4v) is 5.95. The highest BCUT2D eigenvalue weighted by molar-refractivity contribution is 7.89. The Hall–Kier alpha value is -2.93. The molecule has 2 aromatic rings. The number of aliphatic hydroxyl groups excluding tert-OH is 1. The smallest absolute Gasteiger partial charge is 0.253 e. The molecule has 1 fully saturated rings. The van der Waals surface area contributed by atoms with E-state index in [4.69, 9.17) is 4.74 Å². The van der Waals surface area contributed by atoms with Crippen LogP contribution in [0, 0.1) is 29.5 Å². The Morgan fingerprint density at radius 1 is 1.28 bits per heavy atom. The SMILES string of the molecule is C[C@@H]1CN([C@@H](C)CO)S(=O)(=O)c2ccc(C#CC3CC3)cc2O[C@H]1CN(C)C(=O)c1cccc(F)c1. The third kappa shape index (κ3) is 5.72. The van der Waals surface area contributed by atoms with Gasteiger partial charge in [-0.25, -0.2) is 12.8 Å². The molecule has 9 heteroatoms. The number of hydrogen-bond donors (Lipinski definition) is 1. The lowest BCUT2D eigenvalue weighted by atomic mass is 10.0. The Morgan fingerprint density at radius 2 is 2.03 bits per heavy atom. The van der Waals surface area contributed by atoms with Crippen LogP contribution in [0.3, 0.4) is 0 Å². The minimum atomic E-state index is -3.96. The Morgan fingerprint density at radius 3 is 2.69 bits per heavy atom. The van der Waals surface area contributed by atoms with Crippen LogP contribution in [0.1, 0.15) is 42.6 Å². The van der Waals surface area contributed by atoms with Crippen molar-refractivity contribution < 1.29 is 27.4 Å². The van der Waals surface area contributed by atoms with Gasteiger partial charge in [-0.1, -0.05) is 24.8 Å². The fourth-order valence-electron chi connectivity index (χ4n) is 4.13. The lowest BCUT2D eigenvalue weighted by Gasteiger charge is -2.37. The number of fused-ring (bicyclic) bond motifs is 1. The summed E-state index contributed by atoms with van der Waals surface area (Å²) in [6, 6.07) is 9.61. The van der Waals surface area contributed by atoms with Crippen molar-refractivity contribution in [2.24, 2.45) is 11.8 Å². The number of sulfonamides is 1. The molecule has 0 unspecified atom stereocenters. The molecule has 2 aromatic carbocycles. The number of rotatable bonds is 5. The molecule has 192 valence electrons. The topological polar surface area (TPSA) is 87.2 Å². The van der Waals surface area contributed by atoms with E-state index < -0.39 is 28.0 Å². The van der Waals surface area contributed by atoms with E-state index in [1.54, 1.807) is 32.2 Å². The normalized spacial score (nSPS) is 22.1. The predicted molar refractivity (Wildman–Crippen MR) is 133 cm³/mol. The number of carbonyl (C=O) groups excluding carboxylic acids is 1. The number of amides is 1. The number of ether oxygens (including phenoxy) is 1. The third-order valence-corrected chi connectivity index (χ3v) is 8.56. The van der Waals surface area contributed by atoms with Crippen LogP contribution in [-0.2, 0) is 10.0 Å². The first-order valence-electron chi connectivity index (χ1n) is 12.1. The maximum absolute atomic E-state index is 13.7. The van der Waals surface area contributed by atoms with Gasteiger partial charge in [0.25, 0.3) is 5.91 Å². The summed E-state index contributed by atoms with van der Waals surface area (Å²) in [4.78, 5) is 14.4. The largest absolute Gasteiger partial charge is 0.487 e. The van der Waals surface area contributed by atoms with Gasteiger partial charge in [-0.3, -0.25) is 4.79 Å². The Labute approximate surface area is 211 Å². The average Bonchev–Trinajstić information content (AvgIpc) is 3.68. The number of aliphatic hydroxyl groups is 1. The zero-order chi connectivity index (χ0) is 26.0. The molecule has 1 N–H and O–H groups in total. The maximum atomic E-state index is 13.7. The summed E-state index contributed by atoms with van der Waals surface area (Å²) in [5, 5.41) is 9.78. The van der Waals surface area contributed by atoms with Crippen molar-refractivity contribution in [2.75, 3.05) is 26.7 Å². The van der Waals surface area contributed by atoms with Crippen LogP contribution in [0.4, 0.5) is 4.39 Å². The van der Waals surface area contributed by atoms with Crippen LogP contribution in [0.2, 0.25) is 0 Å². The van der Waals surface area contributed by atoms with Crippen molar-refractivity contribution in [1.82, 2.24) is 9.21 Å².